The van der Waals surface area contributed by atoms with Crippen LogP contribution in [0.5, 0.6) is 0 Å². The number of ether oxygens (including phenoxy) is 1. The summed E-state index contributed by atoms with van der Waals surface area (Å²) < 4.78 is 55.3. The molecule has 0 spiro atoms. The third-order valence-corrected chi connectivity index (χ3v) is 7.80. The first-order valence-corrected chi connectivity index (χ1v) is 12.1. The maximum atomic E-state index is 11.8. The molecule has 30 heavy (non-hydrogen) atoms. The highest BCUT2D eigenvalue weighted by Crippen LogP contribution is 2.67. The van der Waals surface area contributed by atoms with Crippen molar-refractivity contribution in [3.05, 3.63) is 32.6 Å². The Morgan fingerprint density at radius 2 is 1.63 bits per heavy atom. The fraction of sp³-hybridized carbons (Fsp3) is 0.600. The number of nitrogens with one attached hydrogen (secondary N) is 2. The van der Waals surface area contributed by atoms with Crippen molar-refractivity contribution in [2.75, 3.05) is 13.7 Å². The molecule has 1 aromatic rings. The van der Waals surface area contributed by atoms with Crippen molar-refractivity contribution in [3.8, 4) is 0 Å². The van der Waals surface area contributed by atoms with Gasteiger partial charge >= 0.3 is 29.2 Å². The lowest BCUT2D eigenvalue weighted by molar-refractivity contribution is -0.0227. The quantitative estimate of drug-likeness (QED) is 0.186. The van der Waals surface area contributed by atoms with Crippen LogP contribution in [0.3, 0.4) is 0 Å². The van der Waals surface area contributed by atoms with Crippen LogP contribution in [-0.4, -0.2) is 66.9 Å². The van der Waals surface area contributed by atoms with Gasteiger partial charge < -0.3 is 34.6 Å². The second-order valence-electron chi connectivity index (χ2n) is 5.65. The number of hydrogen-bond acceptors (Lipinski definition) is 12. The van der Waals surface area contributed by atoms with E-state index in [2.05, 4.69) is 22.7 Å². The monoisotopic (exact) mass is 498 g/mol. The molecule has 20 heteroatoms. The molecule has 7 atom stereocenters. The molecule has 0 radical (unpaired) electrons. The predicted molar refractivity (Wildman–Crippen MR) is 91.9 cm³/mol. The standard InChI is InChI=1S/C10H17N2O15P3/c1-23-28(17,18)26-30(21,22)27-29(19,20)24-3-5-6(13)7(14)8(25-5)4-2-11-10(16)12-9(4)15/h2,5-8,13-14H,3H2,1H3,(H,17,18)(H,19,20)(H,21,22)(H2,11,12,15,16). The number of hydrogen-bond donors (Lipinski definition) is 7. The Kier molecular flexibility index (Phi) is 7.76. The lowest BCUT2D eigenvalue weighted by Crippen LogP contribution is -2.34. The summed E-state index contributed by atoms with van der Waals surface area (Å²) in [4.78, 5) is 54.5. The summed E-state index contributed by atoms with van der Waals surface area (Å²) in [7, 11) is -15.5. The molecule has 2 heterocycles. The fourth-order valence-corrected chi connectivity index (χ4v) is 5.54. The number of aromatic nitrogens is 2. The van der Waals surface area contributed by atoms with Crippen molar-refractivity contribution in [2.24, 2.45) is 0 Å². The van der Waals surface area contributed by atoms with Crippen LogP contribution < -0.4 is 11.2 Å². The van der Waals surface area contributed by atoms with Crippen LogP contribution in [0.2, 0.25) is 0 Å². The van der Waals surface area contributed by atoms with Crippen LogP contribution in [0.1, 0.15) is 11.7 Å². The van der Waals surface area contributed by atoms with E-state index in [4.69, 9.17) is 9.63 Å². The van der Waals surface area contributed by atoms with Gasteiger partial charge in [0.05, 0.1) is 12.2 Å². The Labute approximate surface area is 166 Å². The highest BCUT2D eigenvalue weighted by Gasteiger charge is 2.47. The van der Waals surface area contributed by atoms with Gasteiger partial charge in [0.25, 0.3) is 5.56 Å². The highest BCUT2D eigenvalue weighted by molar-refractivity contribution is 7.66. The van der Waals surface area contributed by atoms with Gasteiger partial charge in [-0.15, -0.1) is 0 Å². The van der Waals surface area contributed by atoms with Crippen LogP contribution in [0.4, 0.5) is 0 Å². The van der Waals surface area contributed by atoms with Crippen LogP contribution in [-0.2, 0) is 36.1 Å². The third kappa shape index (κ3) is 6.48. The van der Waals surface area contributed by atoms with E-state index in [1.54, 1.807) is 0 Å². The minimum absolute atomic E-state index is 0.279. The normalized spacial score (nSPS) is 30.3. The molecule has 1 saturated heterocycles. The smallest absolute Gasteiger partial charge is 0.387 e. The molecule has 17 nitrogen and oxygen atoms in total. The summed E-state index contributed by atoms with van der Waals surface area (Å²) in [5.41, 5.74) is -2.05. The number of aromatic amines is 2. The topological polar surface area (TPSA) is 264 Å². The molecule has 1 aromatic heterocycles. The van der Waals surface area contributed by atoms with Crippen molar-refractivity contribution in [1.82, 2.24) is 9.97 Å². The van der Waals surface area contributed by atoms with Crippen LogP contribution in [0.15, 0.2) is 15.8 Å². The summed E-state index contributed by atoms with van der Waals surface area (Å²) >= 11 is 0. The van der Waals surface area contributed by atoms with E-state index in [1.807, 2.05) is 4.98 Å². The summed E-state index contributed by atoms with van der Waals surface area (Å²) in [6, 6.07) is 0. The van der Waals surface area contributed by atoms with E-state index < -0.39 is 65.7 Å². The first-order chi connectivity index (χ1) is 13.7. The molecule has 0 saturated carbocycles. The van der Waals surface area contributed by atoms with Crippen LogP contribution >= 0.6 is 23.5 Å². The second-order valence-corrected chi connectivity index (χ2v) is 10.4. The molecule has 0 amide bonds. The third-order valence-electron chi connectivity index (χ3n) is 3.56. The van der Waals surface area contributed by atoms with E-state index in [9.17, 15) is 43.3 Å². The Balaban J connectivity index is 2.05. The minimum Gasteiger partial charge on any atom is -0.387 e. The van der Waals surface area contributed by atoms with E-state index in [-0.39, 0.29) is 5.56 Å². The molecule has 0 aromatic carbocycles. The average molecular weight is 498 g/mol. The summed E-state index contributed by atoms with van der Waals surface area (Å²) in [5.74, 6) is 0. The summed E-state index contributed by atoms with van der Waals surface area (Å²) in [6.45, 7) is -1.01. The lowest BCUT2D eigenvalue weighted by atomic mass is 10.0. The van der Waals surface area contributed by atoms with Gasteiger partial charge in [0, 0.05) is 13.3 Å². The number of aliphatic hydroxyl groups is 2. The van der Waals surface area contributed by atoms with Gasteiger partial charge in [0.15, 0.2) is 0 Å². The van der Waals surface area contributed by atoms with Crippen molar-refractivity contribution >= 4 is 23.5 Å². The molecule has 1 aliphatic heterocycles. The molecule has 0 aliphatic carbocycles. The fourth-order valence-electron chi connectivity index (χ4n) is 2.28. The molecule has 1 aliphatic rings. The van der Waals surface area contributed by atoms with Gasteiger partial charge in [0.1, 0.15) is 24.4 Å². The Morgan fingerprint density at radius 1 is 1.03 bits per heavy atom. The zero-order valence-electron chi connectivity index (χ0n) is 14.8. The molecule has 7 unspecified atom stereocenters. The van der Waals surface area contributed by atoms with Gasteiger partial charge in [-0.25, -0.2) is 18.5 Å². The van der Waals surface area contributed by atoms with Crippen LogP contribution in [0, 0.1) is 0 Å². The number of phosphoric acid groups is 3. The molecular formula is C10H17N2O15P3. The molecule has 0 bridgehead atoms. The Bertz CT molecular complexity index is 1020. The summed E-state index contributed by atoms with van der Waals surface area (Å²) in [5, 5.41) is 20.0. The van der Waals surface area contributed by atoms with Crippen molar-refractivity contribution in [3.63, 3.8) is 0 Å². The molecule has 2 rings (SSSR count). The highest BCUT2D eigenvalue weighted by atomic mass is 31.3. The molecule has 7 N–H and O–H groups in total. The van der Waals surface area contributed by atoms with Crippen molar-refractivity contribution in [2.45, 2.75) is 24.4 Å². The minimum atomic E-state index is -5.62. The van der Waals surface area contributed by atoms with E-state index in [0.717, 1.165) is 6.20 Å². The van der Waals surface area contributed by atoms with Gasteiger partial charge in [-0.05, 0) is 0 Å². The van der Waals surface area contributed by atoms with Gasteiger partial charge in [-0.1, -0.05) is 0 Å². The molecule has 1 fully saturated rings. The van der Waals surface area contributed by atoms with Gasteiger partial charge in [-0.3, -0.25) is 18.8 Å². The zero-order valence-corrected chi connectivity index (χ0v) is 17.4. The van der Waals surface area contributed by atoms with E-state index in [0.29, 0.717) is 7.11 Å². The Morgan fingerprint density at radius 3 is 2.20 bits per heavy atom. The van der Waals surface area contributed by atoms with Crippen LogP contribution in [0.25, 0.3) is 0 Å². The first kappa shape index (κ1) is 25.2. The number of phosphoric ester groups is 2. The van der Waals surface area contributed by atoms with Crippen molar-refractivity contribution < 1.29 is 61.0 Å². The lowest BCUT2D eigenvalue weighted by Gasteiger charge is -2.19. The Hall–Kier alpha value is -1.03. The molecule has 172 valence electrons. The number of aliphatic hydroxyl groups excluding tert-OH is 2. The number of H-pyrrole nitrogens is 2. The number of rotatable bonds is 9. The predicted octanol–water partition coefficient (Wildman–Crippen LogP) is -1.78. The molecular weight excluding hydrogens is 481 g/mol. The maximum absolute atomic E-state index is 11.8. The largest absolute Gasteiger partial charge is 0.490 e. The first-order valence-electron chi connectivity index (χ1n) is 7.61. The second kappa shape index (κ2) is 9.22. The maximum Gasteiger partial charge on any atom is 0.490 e. The zero-order chi connectivity index (χ0) is 22.9. The average Bonchev–Trinajstić information content (AvgIpc) is 2.86. The SMILES string of the molecule is COP(=O)(O)OP(=O)(O)OP(=O)(O)OCC1OC(c2c[nH]c(=O)[nH]c2=O)C(O)C1O. The van der Waals surface area contributed by atoms with Gasteiger partial charge in [0.2, 0.25) is 0 Å². The van der Waals surface area contributed by atoms with E-state index >= 15 is 0 Å². The van der Waals surface area contributed by atoms with E-state index in [1.165, 1.54) is 0 Å². The summed E-state index contributed by atoms with van der Waals surface area (Å²) in [6.07, 6.45) is -5.57. The van der Waals surface area contributed by atoms with Crippen molar-refractivity contribution in [1.29, 1.82) is 0 Å². The van der Waals surface area contributed by atoms with Gasteiger partial charge in [-0.2, -0.15) is 8.62 Å².